The second-order valence-corrected chi connectivity index (χ2v) is 8.22. The number of rotatable bonds is 5. The molecule has 1 aromatic carbocycles. The van der Waals surface area contributed by atoms with Crippen LogP contribution in [0.1, 0.15) is 70.8 Å². The summed E-state index contributed by atoms with van der Waals surface area (Å²) in [5.41, 5.74) is 9.83. The molecule has 2 unspecified atom stereocenters. The molecule has 6 nitrogen and oxygen atoms in total. The van der Waals surface area contributed by atoms with Crippen LogP contribution in [0.4, 0.5) is 0 Å². The Morgan fingerprint density at radius 3 is 2.12 bits per heavy atom. The minimum absolute atomic E-state index is 0.00540. The van der Waals surface area contributed by atoms with Crippen LogP contribution in [0.2, 0.25) is 0 Å². The third-order valence-electron chi connectivity index (χ3n) is 4.08. The van der Waals surface area contributed by atoms with E-state index in [1.54, 1.807) is 6.07 Å². The van der Waals surface area contributed by atoms with Crippen molar-refractivity contribution in [1.29, 1.82) is 0 Å². The maximum absolute atomic E-state index is 10.7. The van der Waals surface area contributed by atoms with Gasteiger partial charge in [0.2, 0.25) is 0 Å². The van der Waals surface area contributed by atoms with Gasteiger partial charge in [-0.15, -0.1) is 0 Å². The topological polar surface area (TPSA) is 109 Å². The van der Waals surface area contributed by atoms with Gasteiger partial charge in [-0.2, -0.15) is 0 Å². The molecule has 6 heteroatoms. The average molecular weight is 335 g/mol. The molecule has 0 aliphatic carbocycles. The molecular weight excluding hydrogens is 306 g/mol. The largest absolute Gasteiger partial charge is 0.507 e. The van der Waals surface area contributed by atoms with Crippen molar-refractivity contribution >= 4 is 0 Å². The average Bonchev–Trinajstić information content (AvgIpc) is 2.44. The lowest BCUT2D eigenvalue weighted by molar-refractivity contribution is 0.0135. The number of phenols is 1. The van der Waals surface area contributed by atoms with Crippen LogP contribution in [0, 0.1) is 0 Å². The minimum atomic E-state index is -1.25. The van der Waals surface area contributed by atoms with Crippen molar-refractivity contribution < 1.29 is 15.3 Å². The maximum atomic E-state index is 10.7. The Morgan fingerprint density at radius 1 is 1.08 bits per heavy atom. The molecule has 0 aliphatic rings. The molecule has 3 N–H and O–H groups in total. The Bertz CT molecular complexity index is 624. The smallest absolute Gasteiger partial charge is 0.125 e. The van der Waals surface area contributed by atoms with Crippen molar-refractivity contribution in [2.45, 2.75) is 71.0 Å². The molecule has 134 valence electrons. The van der Waals surface area contributed by atoms with Gasteiger partial charge in [0, 0.05) is 17.0 Å². The zero-order valence-electron chi connectivity index (χ0n) is 15.4. The fraction of sp³-hybridized carbons (Fsp3) is 0.667. The highest BCUT2D eigenvalue weighted by molar-refractivity contribution is 5.49. The van der Waals surface area contributed by atoms with Gasteiger partial charge in [0.05, 0.1) is 6.10 Å². The number of aromatic hydroxyl groups is 1. The van der Waals surface area contributed by atoms with E-state index < -0.39 is 12.2 Å². The van der Waals surface area contributed by atoms with Gasteiger partial charge in [-0.3, -0.25) is 0 Å². The van der Waals surface area contributed by atoms with Crippen molar-refractivity contribution in [2.75, 3.05) is 6.54 Å². The van der Waals surface area contributed by atoms with Gasteiger partial charge in [-0.1, -0.05) is 52.7 Å². The molecule has 0 saturated carbocycles. The summed E-state index contributed by atoms with van der Waals surface area (Å²) in [4.78, 5) is 2.63. The number of aliphatic hydroxyl groups excluding tert-OH is 2. The quantitative estimate of drug-likeness (QED) is 0.428. The Kier molecular flexibility index (Phi) is 6.28. The number of nitrogens with zero attached hydrogens (tertiary/aromatic N) is 3. The third-order valence-corrected chi connectivity index (χ3v) is 4.08. The van der Waals surface area contributed by atoms with Gasteiger partial charge < -0.3 is 15.3 Å². The highest BCUT2D eigenvalue weighted by atomic mass is 16.3. The summed E-state index contributed by atoms with van der Waals surface area (Å²) < 4.78 is 0. The van der Waals surface area contributed by atoms with Gasteiger partial charge in [0.25, 0.3) is 0 Å². The predicted molar refractivity (Wildman–Crippen MR) is 95.1 cm³/mol. The predicted octanol–water partition coefficient (Wildman–Crippen LogP) is 4.08. The molecule has 0 spiro atoms. The van der Waals surface area contributed by atoms with Crippen LogP contribution in [0.25, 0.3) is 10.4 Å². The first-order valence-electron chi connectivity index (χ1n) is 8.14. The fourth-order valence-electron chi connectivity index (χ4n) is 2.49. The van der Waals surface area contributed by atoms with Crippen LogP contribution < -0.4 is 0 Å². The van der Waals surface area contributed by atoms with Crippen molar-refractivity contribution in [3.05, 3.63) is 39.3 Å². The summed E-state index contributed by atoms with van der Waals surface area (Å²) in [6, 6.07) is 3.70. The Balaban J connectivity index is 3.37. The van der Waals surface area contributed by atoms with Gasteiger partial charge in [0.1, 0.15) is 11.9 Å². The van der Waals surface area contributed by atoms with E-state index in [4.69, 9.17) is 5.53 Å². The molecule has 0 radical (unpaired) electrons. The number of hydrogen-bond acceptors (Lipinski definition) is 4. The van der Waals surface area contributed by atoms with Gasteiger partial charge in [-0.25, -0.2) is 0 Å². The lowest BCUT2D eigenvalue weighted by atomic mass is 9.78. The lowest BCUT2D eigenvalue weighted by Crippen LogP contribution is -2.23. The molecule has 0 fully saturated rings. The van der Waals surface area contributed by atoms with Crippen LogP contribution in [0.15, 0.2) is 17.2 Å². The maximum Gasteiger partial charge on any atom is 0.125 e. The van der Waals surface area contributed by atoms with E-state index in [0.29, 0.717) is 5.56 Å². The van der Waals surface area contributed by atoms with Crippen LogP contribution in [-0.2, 0) is 10.8 Å². The summed E-state index contributed by atoms with van der Waals surface area (Å²) in [6.45, 7) is 12.2. The van der Waals surface area contributed by atoms with E-state index in [1.807, 2.05) is 26.8 Å². The summed E-state index contributed by atoms with van der Waals surface area (Å²) in [6.07, 6.45) is -2.25. The number of aliphatic hydroxyl groups is 2. The first-order chi connectivity index (χ1) is 10.9. The monoisotopic (exact) mass is 335 g/mol. The van der Waals surface area contributed by atoms with Gasteiger partial charge >= 0.3 is 0 Å². The molecule has 0 aromatic heterocycles. The number of benzene rings is 1. The summed E-state index contributed by atoms with van der Waals surface area (Å²) in [5.74, 6) is 0.00540. The van der Waals surface area contributed by atoms with E-state index in [1.165, 1.54) is 0 Å². The zero-order valence-corrected chi connectivity index (χ0v) is 15.4. The second kappa shape index (κ2) is 7.43. The van der Waals surface area contributed by atoms with Crippen molar-refractivity contribution in [3.63, 3.8) is 0 Å². The van der Waals surface area contributed by atoms with Gasteiger partial charge in [-0.05, 0) is 40.0 Å². The lowest BCUT2D eigenvalue weighted by Gasteiger charge is -2.29. The molecule has 24 heavy (non-hydrogen) atoms. The van der Waals surface area contributed by atoms with E-state index in [2.05, 4.69) is 30.8 Å². The summed E-state index contributed by atoms with van der Waals surface area (Å²) in [5, 5.41) is 34.7. The van der Waals surface area contributed by atoms with Crippen molar-refractivity contribution in [1.82, 2.24) is 0 Å². The van der Waals surface area contributed by atoms with E-state index >= 15 is 0 Å². The SMILES string of the molecule is CC(C)(C)c1cc(C(O)C(O)CCN=[N+]=[N-])c(O)c(C(C)(C)C)c1. The molecule has 2 atom stereocenters. The molecule has 0 heterocycles. The zero-order chi connectivity index (χ0) is 18.7. The van der Waals surface area contributed by atoms with Crippen LogP contribution in [0.5, 0.6) is 5.75 Å². The van der Waals surface area contributed by atoms with E-state index in [9.17, 15) is 15.3 Å². The molecule has 1 rings (SSSR count). The highest BCUT2D eigenvalue weighted by Gasteiger charge is 2.29. The molecular formula is C18H29N3O3. The standard InChI is InChI=1S/C18H29N3O3/c1-17(2,3)11-9-12(15(23)13(10-11)18(4,5)6)16(24)14(22)7-8-20-21-19/h9-10,14,16,22-24H,7-8H2,1-6H3. The Morgan fingerprint density at radius 2 is 1.67 bits per heavy atom. The Hall–Kier alpha value is -1.75. The first kappa shape index (κ1) is 20.3. The molecule has 0 amide bonds. The van der Waals surface area contributed by atoms with Crippen LogP contribution in [0.3, 0.4) is 0 Å². The highest BCUT2D eigenvalue weighted by Crippen LogP contribution is 2.40. The number of phenolic OH excluding ortho intramolecular Hbond substituents is 1. The van der Waals surface area contributed by atoms with Crippen molar-refractivity contribution in [3.8, 4) is 5.75 Å². The fourth-order valence-corrected chi connectivity index (χ4v) is 2.49. The van der Waals surface area contributed by atoms with E-state index in [0.717, 1.165) is 11.1 Å². The summed E-state index contributed by atoms with van der Waals surface area (Å²) >= 11 is 0. The molecule has 0 bridgehead atoms. The third kappa shape index (κ3) is 4.87. The summed E-state index contributed by atoms with van der Waals surface area (Å²) in [7, 11) is 0. The normalized spacial score (nSPS) is 14.8. The number of azide groups is 1. The van der Waals surface area contributed by atoms with Crippen LogP contribution in [-0.4, -0.2) is 28.0 Å². The molecule has 1 aromatic rings. The first-order valence-corrected chi connectivity index (χ1v) is 8.14. The second-order valence-electron chi connectivity index (χ2n) is 8.22. The molecule has 0 aliphatic heterocycles. The minimum Gasteiger partial charge on any atom is -0.507 e. The Labute approximate surface area is 143 Å². The number of hydrogen-bond donors (Lipinski definition) is 3. The van der Waals surface area contributed by atoms with Crippen molar-refractivity contribution in [2.24, 2.45) is 5.11 Å². The van der Waals surface area contributed by atoms with Gasteiger partial charge in [0.15, 0.2) is 0 Å². The molecule has 0 saturated heterocycles. The van der Waals surface area contributed by atoms with Crippen LogP contribution >= 0.6 is 0 Å². The van der Waals surface area contributed by atoms with E-state index in [-0.39, 0.29) is 29.5 Å².